The van der Waals surface area contributed by atoms with Crippen LogP contribution >= 0.6 is 11.3 Å². The fourth-order valence-electron chi connectivity index (χ4n) is 2.73. The first-order valence-corrected chi connectivity index (χ1v) is 10.2. The summed E-state index contributed by atoms with van der Waals surface area (Å²) in [5.74, 6) is 2.38. The molecule has 0 spiro atoms. The molecule has 2 aromatic rings. The van der Waals surface area contributed by atoms with Gasteiger partial charge in [0.15, 0.2) is 11.5 Å². The number of carbonyl (C=O) groups excluding carboxylic acids is 1. The Morgan fingerprint density at radius 3 is 2.48 bits per heavy atom. The van der Waals surface area contributed by atoms with Crippen molar-refractivity contribution in [3.05, 3.63) is 40.3 Å². The summed E-state index contributed by atoms with van der Waals surface area (Å²) in [6.07, 6.45) is 0.570. The number of hydrogen-bond acceptors (Lipinski definition) is 5. The Balaban J connectivity index is 1.99. The molecule has 6 heteroatoms. The minimum Gasteiger partial charge on any atom is -0.493 e. The maximum atomic E-state index is 12.5. The van der Waals surface area contributed by atoms with Crippen LogP contribution in [0.1, 0.15) is 44.8 Å². The number of aromatic nitrogens is 1. The van der Waals surface area contributed by atoms with E-state index in [0.29, 0.717) is 42.9 Å². The molecule has 1 aromatic heterocycles. The number of nitrogens with zero attached hydrogens (tertiary/aromatic N) is 2. The van der Waals surface area contributed by atoms with Crippen molar-refractivity contribution >= 4 is 17.2 Å². The van der Waals surface area contributed by atoms with E-state index in [2.05, 4.69) is 32.7 Å². The summed E-state index contributed by atoms with van der Waals surface area (Å²) in [7, 11) is 1.63. The van der Waals surface area contributed by atoms with Crippen LogP contribution in [0.4, 0.5) is 0 Å². The lowest BCUT2D eigenvalue weighted by atomic mass is 10.1. The molecule has 0 aliphatic rings. The van der Waals surface area contributed by atoms with Crippen LogP contribution in [0, 0.1) is 11.8 Å². The summed E-state index contributed by atoms with van der Waals surface area (Å²) in [6.45, 7) is 10.1. The third kappa shape index (κ3) is 6.86. The highest BCUT2D eigenvalue weighted by atomic mass is 32.1. The van der Waals surface area contributed by atoms with Crippen molar-refractivity contribution in [2.24, 2.45) is 11.8 Å². The van der Waals surface area contributed by atoms with Crippen LogP contribution in [-0.4, -0.2) is 29.4 Å². The minimum absolute atomic E-state index is 0.193. The van der Waals surface area contributed by atoms with Gasteiger partial charge in [0.05, 0.1) is 19.3 Å². The van der Waals surface area contributed by atoms with Crippen LogP contribution in [-0.2, 0) is 17.9 Å². The van der Waals surface area contributed by atoms with Crippen LogP contribution in [0.3, 0.4) is 0 Å². The molecule has 0 saturated carbocycles. The van der Waals surface area contributed by atoms with E-state index in [4.69, 9.17) is 9.47 Å². The van der Waals surface area contributed by atoms with Crippen LogP contribution in [0.5, 0.6) is 11.5 Å². The number of thiazole rings is 1. The largest absolute Gasteiger partial charge is 0.493 e. The first kappa shape index (κ1) is 21.2. The van der Waals surface area contributed by atoms with Gasteiger partial charge in [-0.1, -0.05) is 39.8 Å². The zero-order chi connectivity index (χ0) is 19.8. The number of methoxy groups -OCH3 is 1. The zero-order valence-corrected chi connectivity index (χ0v) is 17.7. The average molecular weight is 391 g/mol. The Morgan fingerprint density at radius 1 is 1.15 bits per heavy atom. The third-order valence-electron chi connectivity index (χ3n) is 3.89. The molecule has 0 atom stereocenters. The quantitative estimate of drug-likeness (QED) is 0.587. The van der Waals surface area contributed by atoms with Crippen LogP contribution in [0.25, 0.3) is 0 Å². The molecule has 2 rings (SSSR count). The van der Waals surface area contributed by atoms with Crippen molar-refractivity contribution in [1.29, 1.82) is 0 Å². The highest BCUT2D eigenvalue weighted by Gasteiger charge is 2.18. The molecule has 1 amide bonds. The fraction of sp³-hybridized carbons (Fsp3) is 0.524. The minimum atomic E-state index is 0.193. The first-order valence-electron chi connectivity index (χ1n) is 9.35. The molecule has 1 aromatic carbocycles. The molecule has 0 aliphatic heterocycles. The summed E-state index contributed by atoms with van der Waals surface area (Å²) < 4.78 is 11.1. The van der Waals surface area contributed by atoms with E-state index in [0.717, 1.165) is 17.2 Å². The van der Waals surface area contributed by atoms with Crippen molar-refractivity contribution in [2.75, 3.05) is 13.7 Å². The van der Waals surface area contributed by atoms with E-state index in [-0.39, 0.29) is 5.91 Å². The Bertz CT molecular complexity index is 728. The van der Waals surface area contributed by atoms with Gasteiger partial charge in [-0.25, -0.2) is 4.98 Å². The van der Waals surface area contributed by atoms with E-state index < -0.39 is 0 Å². The van der Waals surface area contributed by atoms with Gasteiger partial charge in [-0.2, -0.15) is 0 Å². The lowest BCUT2D eigenvalue weighted by Crippen LogP contribution is -2.34. The van der Waals surface area contributed by atoms with Crippen LogP contribution in [0.2, 0.25) is 0 Å². The Morgan fingerprint density at radius 2 is 1.85 bits per heavy atom. The van der Waals surface area contributed by atoms with Crippen LogP contribution in [0.15, 0.2) is 29.6 Å². The number of benzene rings is 1. The molecule has 0 N–H and O–H groups in total. The van der Waals surface area contributed by atoms with E-state index in [1.165, 1.54) is 0 Å². The summed E-state index contributed by atoms with van der Waals surface area (Å²) in [4.78, 5) is 19.1. The number of rotatable bonds is 10. The lowest BCUT2D eigenvalue weighted by molar-refractivity contribution is -0.133. The number of ether oxygens (including phenoxy) is 2. The highest BCUT2D eigenvalue weighted by molar-refractivity contribution is 7.09. The molecule has 148 valence electrons. The summed E-state index contributed by atoms with van der Waals surface area (Å²) >= 11 is 1.55. The Kier molecular flexibility index (Phi) is 8.10. The maximum Gasteiger partial charge on any atom is 0.223 e. The zero-order valence-electron chi connectivity index (χ0n) is 16.9. The Hall–Kier alpha value is -2.08. The van der Waals surface area contributed by atoms with Crippen molar-refractivity contribution < 1.29 is 14.3 Å². The van der Waals surface area contributed by atoms with Crippen molar-refractivity contribution in [3.63, 3.8) is 0 Å². The second kappa shape index (κ2) is 10.3. The molecule has 0 aliphatic carbocycles. The Labute approximate surface area is 166 Å². The summed E-state index contributed by atoms with van der Waals surface area (Å²) in [5.41, 5.74) is 0.913. The van der Waals surface area contributed by atoms with Gasteiger partial charge in [0.25, 0.3) is 0 Å². The number of hydrogen-bond donors (Lipinski definition) is 0. The molecule has 1 heterocycles. The number of amides is 1. The maximum absolute atomic E-state index is 12.5. The molecule has 0 fully saturated rings. The predicted molar refractivity (Wildman–Crippen MR) is 109 cm³/mol. The standard InChI is InChI=1S/C21H30N2O3S/c1-15(2)10-21(24)23(11-16(3)4)12-17-14-27-20(22-17)13-26-19-9-7-6-8-18(19)25-5/h6-9,14-16H,10-13H2,1-5H3. The molecule has 0 radical (unpaired) electrons. The molecule has 0 unspecified atom stereocenters. The second-order valence-electron chi connectivity index (χ2n) is 7.44. The van der Waals surface area contributed by atoms with Gasteiger partial charge >= 0.3 is 0 Å². The van der Waals surface area contributed by atoms with Crippen LogP contribution < -0.4 is 9.47 Å². The van der Waals surface area contributed by atoms with Gasteiger partial charge in [-0.05, 0) is 24.0 Å². The monoisotopic (exact) mass is 390 g/mol. The summed E-state index contributed by atoms with van der Waals surface area (Å²) in [6, 6.07) is 7.56. The van der Waals surface area contributed by atoms with Gasteiger partial charge < -0.3 is 14.4 Å². The van der Waals surface area contributed by atoms with E-state index in [9.17, 15) is 4.79 Å². The highest BCUT2D eigenvalue weighted by Crippen LogP contribution is 2.27. The van der Waals surface area contributed by atoms with E-state index >= 15 is 0 Å². The number of carbonyl (C=O) groups is 1. The molecule has 0 bridgehead atoms. The molecule has 0 saturated heterocycles. The smallest absolute Gasteiger partial charge is 0.223 e. The van der Waals surface area contributed by atoms with Crippen molar-refractivity contribution in [2.45, 2.75) is 47.3 Å². The average Bonchev–Trinajstić information content (AvgIpc) is 3.06. The topological polar surface area (TPSA) is 51.7 Å². The first-order chi connectivity index (χ1) is 12.9. The van der Waals surface area contributed by atoms with Gasteiger partial charge in [-0.15, -0.1) is 11.3 Å². The second-order valence-corrected chi connectivity index (χ2v) is 8.38. The molecular weight excluding hydrogens is 360 g/mol. The third-order valence-corrected chi connectivity index (χ3v) is 4.76. The molecule has 5 nitrogen and oxygen atoms in total. The molecular formula is C21H30N2O3S. The van der Waals surface area contributed by atoms with Gasteiger partial charge in [-0.3, -0.25) is 4.79 Å². The van der Waals surface area contributed by atoms with Crippen molar-refractivity contribution in [3.8, 4) is 11.5 Å². The van der Waals surface area contributed by atoms with Crippen molar-refractivity contribution in [1.82, 2.24) is 9.88 Å². The normalized spacial score (nSPS) is 11.1. The fourth-order valence-corrected chi connectivity index (χ4v) is 3.43. The predicted octanol–water partition coefficient (Wildman–Crippen LogP) is 4.76. The number of para-hydroxylation sites is 2. The molecule has 27 heavy (non-hydrogen) atoms. The van der Waals surface area contributed by atoms with E-state index in [1.54, 1.807) is 18.4 Å². The SMILES string of the molecule is COc1ccccc1OCc1nc(CN(CC(C)C)C(=O)CC(C)C)cs1. The summed E-state index contributed by atoms with van der Waals surface area (Å²) in [5, 5.41) is 2.90. The van der Waals surface area contributed by atoms with Gasteiger partial charge in [0.2, 0.25) is 5.91 Å². The van der Waals surface area contributed by atoms with Gasteiger partial charge in [0, 0.05) is 18.3 Å². The van der Waals surface area contributed by atoms with E-state index in [1.807, 2.05) is 34.5 Å². The lowest BCUT2D eigenvalue weighted by Gasteiger charge is -2.24. The van der Waals surface area contributed by atoms with Gasteiger partial charge in [0.1, 0.15) is 11.6 Å².